The SMILES string of the molecule is CN1C(=O)[C@H]2[C@H](CC=C3[C@H]2C[C@H]2C(=O)N(c4cccc(Cl)c4)C(=O)[C@@]2(c2ccccc2)[C@H]3c2ccc(O)c(F)c2)C1=O. The fourth-order valence-electron chi connectivity index (χ4n) is 7.98. The lowest BCUT2D eigenvalue weighted by atomic mass is 9.49. The van der Waals surface area contributed by atoms with Gasteiger partial charge in [0, 0.05) is 18.0 Å². The van der Waals surface area contributed by atoms with Gasteiger partial charge in [-0.2, -0.15) is 0 Å². The predicted octanol–water partition coefficient (Wildman–Crippen LogP) is 4.98. The van der Waals surface area contributed by atoms with Gasteiger partial charge in [0.25, 0.3) is 0 Å². The Balaban J connectivity index is 1.52. The van der Waals surface area contributed by atoms with Gasteiger partial charge < -0.3 is 5.11 Å². The van der Waals surface area contributed by atoms with Crippen LogP contribution in [0.1, 0.15) is 29.9 Å². The molecule has 0 bridgehead atoms. The van der Waals surface area contributed by atoms with Crippen LogP contribution >= 0.6 is 11.6 Å². The molecule has 4 aliphatic rings. The van der Waals surface area contributed by atoms with Crippen LogP contribution in [0, 0.1) is 29.5 Å². The Kier molecular flexibility index (Phi) is 5.92. The number of likely N-dealkylation sites (tertiary alicyclic amines) is 1. The highest BCUT2D eigenvalue weighted by Gasteiger charge is 2.70. The Morgan fingerprint density at radius 2 is 1.67 bits per heavy atom. The molecule has 3 aromatic rings. The van der Waals surface area contributed by atoms with Crippen molar-refractivity contribution in [3.8, 4) is 5.75 Å². The normalized spacial score (nSPS) is 30.3. The summed E-state index contributed by atoms with van der Waals surface area (Å²) in [5, 5.41) is 10.4. The number of phenolic OH excluding ortho intramolecular Hbond substituents is 1. The van der Waals surface area contributed by atoms with E-state index >= 15 is 4.39 Å². The number of benzene rings is 3. The zero-order valence-corrected chi connectivity index (χ0v) is 23.3. The maximum absolute atomic E-state index is 15.0. The van der Waals surface area contributed by atoms with Gasteiger partial charge in [0.15, 0.2) is 11.6 Å². The van der Waals surface area contributed by atoms with Crippen molar-refractivity contribution in [2.24, 2.45) is 23.7 Å². The number of rotatable bonds is 3. The van der Waals surface area contributed by atoms with Crippen molar-refractivity contribution < 1.29 is 28.7 Å². The quantitative estimate of drug-likeness (QED) is 0.346. The number of halogens is 2. The van der Waals surface area contributed by atoms with E-state index in [1.165, 1.54) is 19.2 Å². The molecule has 3 aromatic carbocycles. The molecule has 1 saturated carbocycles. The number of carbonyl (C=O) groups excluding carboxylic acids is 4. The van der Waals surface area contributed by atoms with Crippen LogP contribution in [-0.2, 0) is 24.6 Å². The summed E-state index contributed by atoms with van der Waals surface area (Å²) in [5.74, 6) is -6.45. The third kappa shape index (κ3) is 3.45. The fraction of sp³-hybridized carbons (Fsp3) is 0.273. The zero-order chi connectivity index (χ0) is 29.5. The zero-order valence-electron chi connectivity index (χ0n) is 22.5. The first-order chi connectivity index (χ1) is 20.2. The number of imide groups is 2. The standard InChI is InChI=1S/C33H26ClFN2O5/c1-36-29(39)22-12-11-21-23(27(22)31(36)41)16-24-30(40)37(20-9-5-8-19(34)15-20)32(42)33(24,18-6-3-2-4-7-18)28(21)17-10-13-26(38)25(35)14-17/h2-11,13-15,22-24,27-28,38H,12,16H2,1H3/t22-,23+,24-,27-,28-,33+/m0/s1. The number of nitrogens with zero attached hydrogens (tertiary/aromatic N) is 2. The van der Waals surface area contributed by atoms with Gasteiger partial charge in [-0.1, -0.05) is 65.7 Å². The monoisotopic (exact) mass is 584 g/mol. The number of amides is 4. The lowest BCUT2D eigenvalue weighted by molar-refractivity contribution is -0.138. The lowest BCUT2D eigenvalue weighted by Gasteiger charge is -2.50. The number of fused-ring (bicyclic) bond motifs is 4. The molecule has 7 nitrogen and oxygen atoms in total. The number of carbonyl (C=O) groups is 4. The molecular weight excluding hydrogens is 559 g/mol. The second kappa shape index (κ2) is 9.36. The van der Waals surface area contributed by atoms with Gasteiger partial charge in [0.2, 0.25) is 23.6 Å². The molecule has 6 atom stereocenters. The van der Waals surface area contributed by atoms with E-state index in [0.717, 1.165) is 15.4 Å². The molecule has 1 N–H and O–H groups in total. The summed E-state index contributed by atoms with van der Waals surface area (Å²) in [4.78, 5) is 58.2. The molecule has 42 heavy (non-hydrogen) atoms. The first kappa shape index (κ1) is 26.6. The maximum atomic E-state index is 15.0. The third-order valence-corrected chi connectivity index (χ3v) is 9.93. The van der Waals surface area contributed by atoms with Gasteiger partial charge >= 0.3 is 0 Å². The second-order valence-corrected chi connectivity index (χ2v) is 12.0. The Morgan fingerprint density at radius 3 is 2.38 bits per heavy atom. The third-order valence-electron chi connectivity index (χ3n) is 9.69. The van der Waals surface area contributed by atoms with E-state index in [9.17, 15) is 24.3 Å². The van der Waals surface area contributed by atoms with Crippen molar-refractivity contribution >= 4 is 40.9 Å². The first-order valence-corrected chi connectivity index (χ1v) is 14.2. The Morgan fingerprint density at radius 1 is 0.905 bits per heavy atom. The molecule has 9 heteroatoms. The molecule has 2 heterocycles. The molecule has 2 aliphatic heterocycles. The number of hydrogen-bond acceptors (Lipinski definition) is 5. The van der Waals surface area contributed by atoms with Crippen molar-refractivity contribution in [3.63, 3.8) is 0 Å². The van der Waals surface area contributed by atoms with Gasteiger partial charge in [-0.25, -0.2) is 9.29 Å². The van der Waals surface area contributed by atoms with Gasteiger partial charge in [-0.15, -0.1) is 0 Å². The number of anilines is 1. The highest BCUT2D eigenvalue weighted by Crippen LogP contribution is 2.64. The molecule has 212 valence electrons. The predicted molar refractivity (Wildman–Crippen MR) is 152 cm³/mol. The molecule has 4 amide bonds. The van der Waals surface area contributed by atoms with Crippen LogP contribution in [0.4, 0.5) is 10.1 Å². The summed E-state index contributed by atoms with van der Waals surface area (Å²) in [6.07, 6.45) is 2.36. The molecular formula is C33H26ClFN2O5. The number of phenols is 1. The average molecular weight is 585 g/mol. The van der Waals surface area contributed by atoms with Gasteiger partial charge in [-0.05, 0) is 60.2 Å². The Hall–Kier alpha value is -4.30. The van der Waals surface area contributed by atoms with E-state index in [1.54, 1.807) is 54.6 Å². The van der Waals surface area contributed by atoms with Crippen LogP contribution in [0.15, 0.2) is 84.4 Å². The minimum atomic E-state index is -1.49. The van der Waals surface area contributed by atoms with Gasteiger partial charge in [-0.3, -0.25) is 24.1 Å². The van der Waals surface area contributed by atoms with Crippen LogP contribution in [0.5, 0.6) is 5.75 Å². The Labute approximate surface area is 246 Å². The van der Waals surface area contributed by atoms with Crippen LogP contribution in [0.2, 0.25) is 5.02 Å². The summed E-state index contributed by atoms with van der Waals surface area (Å²) in [7, 11) is 1.47. The largest absolute Gasteiger partial charge is 0.505 e. The average Bonchev–Trinajstić information content (AvgIpc) is 3.35. The molecule has 2 aliphatic carbocycles. The summed E-state index contributed by atoms with van der Waals surface area (Å²) in [6.45, 7) is 0. The van der Waals surface area contributed by atoms with Crippen molar-refractivity contribution in [2.75, 3.05) is 11.9 Å². The van der Waals surface area contributed by atoms with E-state index in [4.69, 9.17) is 11.6 Å². The summed E-state index contributed by atoms with van der Waals surface area (Å²) in [6, 6.07) is 19.5. The Bertz CT molecular complexity index is 1720. The molecule has 2 saturated heterocycles. The molecule has 7 rings (SSSR count). The second-order valence-electron chi connectivity index (χ2n) is 11.5. The van der Waals surface area contributed by atoms with Crippen LogP contribution < -0.4 is 4.90 Å². The summed E-state index contributed by atoms with van der Waals surface area (Å²) < 4.78 is 15.0. The maximum Gasteiger partial charge on any atom is 0.246 e. The van der Waals surface area contributed by atoms with E-state index in [0.29, 0.717) is 21.8 Å². The van der Waals surface area contributed by atoms with E-state index in [1.807, 2.05) is 12.1 Å². The highest BCUT2D eigenvalue weighted by atomic mass is 35.5. The summed E-state index contributed by atoms with van der Waals surface area (Å²) in [5.41, 5.74) is 0.541. The topological polar surface area (TPSA) is 95.0 Å². The number of hydrogen-bond donors (Lipinski definition) is 1. The van der Waals surface area contributed by atoms with Crippen LogP contribution in [-0.4, -0.2) is 40.7 Å². The van der Waals surface area contributed by atoms with Crippen LogP contribution in [0.25, 0.3) is 0 Å². The summed E-state index contributed by atoms with van der Waals surface area (Å²) >= 11 is 6.29. The smallest absolute Gasteiger partial charge is 0.246 e. The minimum Gasteiger partial charge on any atom is -0.505 e. The molecule has 3 fully saturated rings. The van der Waals surface area contributed by atoms with Gasteiger partial charge in [0.05, 0.1) is 28.9 Å². The number of allylic oxidation sites excluding steroid dienone is 2. The molecule has 0 aromatic heterocycles. The number of aromatic hydroxyl groups is 1. The van der Waals surface area contributed by atoms with E-state index in [-0.39, 0.29) is 24.7 Å². The molecule has 0 radical (unpaired) electrons. The van der Waals surface area contributed by atoms with Crippen LogP contribution in [0.3, 0.4) is 0 Å². The van der Waals surface area contributed by atoms with Crippen molar-refractivity contribution in [1.29, 1.82) is 0 Å². The minimum absolute atomic E-state index is 0.160. The molecule has 0 spiro atoms. The van der Waals surface area contributed by atoms with Gasteiger partial charge in [0.1, 0.15) is 0 Å². The van der Waals surface area contributed by atoms with E-state index in [2.05, 4.69) is 0 Å². The fourth-order valence-corrected chi connectivity index (χ4v) is 8.16. The van der Waals surface area contributed by atoms with Crippen molar-refractivity contribution in [2.45, 2.75) is 24.2 Å². The first-order valence-electron chi connectivity index (χ1n) is 13.9. The van der Waals surface area contributed by atoms with Crippen molar-refractivity contribution in [3.05, 3.63) is 106 Å². The van der Waals surface area contributed by atoms with Crippen molar-refractivity contribution in [1.82, 2.24) is 4.90 Å². The molecule has 0 unspecified atom stereocenters. The van der Waals surface area contributed by atoms with E-state index < -0.39 is 58.4 Å². The lowest BCUT2D eigenvalue weighted by Crippen LogP contribution is -2.53. The highest BCUT2D eigenvalue weighted by molar-refractivity contribution is 6.32.